The van der Waals surface area contributed by atoms with Crippen LogP contribution in [-0.2, 0) is 9.47 Å². The van der Waals surface area contributed by atoms with E-state index in [4.69, 9.17) is 25.8 Å². The summed E-state index contributed by atoms with van der Waals surface area (Å²) in [5, 5.41) is 3.47. The maximum Gasteiger partial charge on any atom is 0.198 e. The van der Waals surface area contributed by atoms with Gasteiger partial charge in [-0.25, -0.2) is 9.97 Å². The molecule has 19 heavy (non-hydrogen) atoms. The lowest BCUT2D eigenvalue weighted by Crippen LogP contribution is -2.08. The van der Waals surface area contributed by atoms with Crippen LogP contribution in [0.2, 0.25) is 5.15 Å². The van der Waals surface area contributed by atoms with Gasteiger partial charge in [0.1, 0.15) is 6.33 Å². The first-order valence-corrected chi connectivity index (χ1v) is 6.52. The van der Waals surface area contributed by atoms with Gasteiger partial charge in [0.25, 0.3) is 0 Å². The first kappa shape index (κ1) is 15.9. The summed E-state index contributed by atoms with van der Waals surface area (Å²) in [6, 6.07) is 0. The first-order valence-electron chi connectivity index (χ1n) is 6.14. The van der Waals surface area contributed by atoms with Gasteiger partial charge in [-0.1, -0.05) is 11.6 Å². The van der Waals surface area contributed by atoms with Crippen LogP contribution in [0.25, 0.3) is 0 Å². The van der Waals surface area contributed by atoms with Gasteiger partial charge in [0.15, 0.2) is 16.7 Å². The number of ether oxygens (including phenoxy) is 3. The second-order valence-electron chi connectivity index (χ2n) is 3.79. The summed E-state index contributed by atoms with van der Waals surface area (Å²) in [7, 11) is 3.20. The normalized spacial score (nSPS) is 10.5. The molecule has 7 heteroatoms. The van der Waals surface area contributed by atoms with Crippen molar-refractivity contribution in [2.45, 2.75) is 12.8 Å². The predicted octanol–water partition coefficient (Wildman–Crippen LogP) is 1.99. The molecule has 0 saturated heterocycles. The van der Waals surface area contributed by atoms with Crippen LogP contribution in [0.15, 0.2) is 6.33 Å². The van der Waals surface area contributed by atoms with Crippen LogP contribution < -0.4 is 10.1 Å². The molecule has 6 nitrogen and oxygen atoms in total. The number of rotatable bonds is 10. The lowest BCUT2D eigenvalue weighted by Gasteiger charge is -2.10. The summed E-state index contributed by atoms with van der Waals surface area (Å²) in [5.74, 6) is 1.09. The summed E-state index contributed by atoms with van der Waals surface area (Å²) in [6.45, 7) is 2.78. The highest BCUT2D eigenvalue weighted by molar-refractivity contribution is 6.31. The minimum Gasteiger partial charge on any atom is -0.490 e. The maximum atomic E-state index is 5.89. The monoisotopic (exact) mass is 289 g/mol. The number of hydrogen-bond acceptors (Lipinski definition) is 6. The van der Waals surface area contributed by atoms with Gasteiger partial charge in [0.2, 0.25) is 0 Å². The van der Waals surface area contributed by atoms with Crippen molar-refractivity contribution >= 4 is 17.4 Å². The molecule has 0 aliphatic carbocycles. The fraction of sp³-hybridized carbons (Fsp3) is 0.667. The van der Waals surface area contributed by atoms with E-state index in [0.717, 1.165) is 26.0 Å². The van der Waals surface area contributed by atoms with E-state index in [9.17, 15) is 0 Å². The summed E-state index contributed by atoms with van der Waals surface area (Å²) in [4.78, 5) is 7.94. The number of anilines is 1. The smallest absolute Gasteiger partial charge is 0.198 e. The molecule has 0 aliphatic rings. The van der Waals surface area contributed by atoms with Gasteiger partial charge in [0.05, 0.1) is 20.3 Å². The third-order valence-electron chi connectivity index (χ3n) is 2.40. The van der Waals surface area contributed by atoms with Crippen LogP contribution >= 0.6 is 11.6 Å². The summed E-state index contributed by atoms with van der Waals surface area (Å²) >= 11 is 5.89. The third kappa shape index (κ3) is 6.04. The zero-order valence-electron chi connectivity index (χ0n) is 11.3. The Balaban J connectivity index is 2.17. The number of nitrogens with one attached hydrogen (secondary N) is 1. The lowest BCUT2D eigenvalue weighted by atomic mass is 10.3. The molecule has 1 heterocycles. The first-order chi connectivity index (χ1) is 9.29. The number of methoxy groups -OCH3 is 2. The van der Waals surface area contributed by atoms with Crippen molar-refractivity contribution in [3.63, 3.8) is 0 Å². The zero-order chi connectivity index (χ0) is 13.9. The molecule has 1 rings (SSSR count). The fourth-order valence-corrected chi connectivity index (χ4v) is 1.65. The molecular formula is C12H20ClN3O3. The molecule has 0 aromatic carbocycles. The SMILES string of the molecule is COCCOCCCCNc1ncnc(Cl)c1OC. The summed E-state index contributed by atoms with van der Waals surface area (Å²) < 4.78 is 15.4. The van der Waals surface area contributed by atoms with Crippen LogP contribution in [0.3, 0.4) is 0 Å². The highest BCUT2D eigenvalue weighted by Gasteiger charge is 2.08. The minimum absolute atomic E-state index is 0.308. The van der Waals surface area contributed by atoms with E-state index in [1.54, 1.807) is 14.2 Å². The van der Waals surface area contributed by atoms with Crippen LogP contribution in [0.5, 0.6) is 5.75 Å². The van der Waals surface area contributed by atoms with Gasteiger partial charge in [-0.15, -0.1) is 0 Å². The molecule has 1 aromatic rings. The number of halogens is 1. The Labute approximate surface area is 118 Å². The highest BCUT2D eigenvalue weighted by atomic mass is 35.5. The second kappa shape index (κ2) is 9.77. The fourth-order valence-electron chi connectivity index (χ4n) is 1.44. The van der Waals surface area contributed by atoms with Gasteiger partial charge in [-0.05, 0) is 12.8 Å². The van der Waals surface area contributed by atoms with E-state index in [2.05, 4.69) is 15.3 Å². The molecule has 0 amide bonds. The topological polar surface area (TPSA) is 65.5 Å². The van der Waals surface area contributed by atoms with Crippen molar-refractivity contribution < 1.29 is 14.2 Å². The van der Waals surface area contributed by atoms with Crippen molar-refractivity contribution in [2.75, 3.05) is 45.9 Å². The molecule has 1 N–H and O–H groups in total. The minimum atomic E-state index is 0.308. The highest BCUT2D eigenvalue weighted by Crippen LogP contribution is 2.28. The van der Waals surface area contributed by atoms with Crippen LogP contribution in [0, 0.1) is 0 Å². The summed E-state index contributed by atoms with van der Waals surface area (Å²) in [5.41, 5.74) is 0. The average Bonchev–Trinajstić information content (AvgIpc) is 2.42. The number of unbranched alkanes of at least 4 members (excludes halogenated alkanes) is 1. The van der Waals surface area contributed by atoms with E-state index in [1.807, 2.05) is 0 Å². The van der Waals surface area contributed by atoms with Gasteiger partial charge in [0, 0.05) is 20.3 Å². The van der Waals surface area contributed by atoms with Crippen LogP contribution in [0.4, 0.5) is 5.82 Å². The van der Waals surface area contributed by atoms with Crippen LogP contribution in [-0.4, -0.2) is 50.6 Å². The molecule has 0 unspecified atom stereocenters. The van der Waals surface area contributed by atoms with Gasteiger partial charge >= 0.3 is 0 Å². The predicted molar refractivity (Wildman–Crippen MR) is 74.0 cm³/mol. The number of hydrogen-bond donors (Lipinski definition) is 1. The molecule has 108 valence electrons. The summed E-state index contributed by atoms with van der Waals surface area (Å²) in [6.07, 6.45) is 3.34. The molecule has 0 fully saturated rings. The van der Waals surface area contributed by atoms with Crippen molar-refractivity contribution in [3.05, 3.63) is 11.5 Å². The molecule has 1 aromatic heterocycles. The second-order valence-corrected chi connectivity index (χ2v) is 4.14. The molecule has 0 aliphatic heterocycles. The molecule has 0 saturated carbocycles. The molecular weight excluding hydrogens is 270 g/mol. The third-order valence-corrected chi connectivity index (χ3v) is 2.67. The van der Waals surface area contributed by atoms with Crippen molar-refractivity contribution in [2.24, 2.45) is 0 Å². The van der Waals surface area contributed by atoms with Crippen LogP contribution in [0.1, 0.15) is 12.8 Å². The molecule has 0 bridgehead atoms. The van der Waals surface area contributed by atoms with Crippen molar-refractivity contribution in [1.82, 2.24) is 9.97 Å². The Bertz CT molecular complexity index is 366. The standard InChI is InChI=1S/C12H20ClN3O3/c1-17-7-8-19-6-4-3-5-14-12-10(18-2)11(13)15-9-16-12/h9H,3-8H2,1-2H3,(H,14,15,16). The van der Waals surface area contributed by atoms with Crippen molar-refractivity contribution in [1.29, 1.82) is 0 Å². The Morgan fingerprint density at radius 2 is 2.00 bits per heavy atom. The van der Waals surface area contributed by atoms with E-state index in [0.29, 0.717) is 29.9 Å². The van der Waals surface area contributed by atoms with E-state index < -0.39 is 0 Å². The van der Waals surface area contributed by atoms with Gasteiger partial charge in [-0.2, -0.15) is 0 Å². The van der Waals surface area contributed by atoms with E-state index in [-0.39, 0.29) is 0 Å². The Morgan fingerprint density at radius 3 is 2.74 bits per heavy atom. The number of aromatic nitrogens is 2. The Morgan fingerprint density at radius 1 is 1.16 bits per heavy atom. The maximum absolute atomic E-state index is 5.89. The Kier molecular flexibility index (Phi) is 8.20. The zero-order valence-corrected chi connectivity index (χ0v) is 12.1. The van der Waals surface area contributed by atoms with Gasteiger partial charge < -0.3 is 19.5 Å². The van der Waals surface area contributed by atoms with E-state index in [1.165, 1.54) is 6.33 Å². The van der Waals surface area contributed by atoms with Crippen molar-refractivity contribution in [3.8, 4) is 5.75 Å². The number of nitrogens with zero attached hydrogens (tertiary/aromatic N) is 2. The molecule has 0 spiro atoms. The average molecular weight is 290 g/mol. The quantitative estimate of drug-likeness (QED) is 0.525. The largest absolute Gasteiger partial charge is 0.490 e. The van der Waals surface area contributed by atoms with Gasteiger partial charge in [-0.3, -0.25) is 0 Å². The van der Waals surface area contributed by atoms with E-state index >= 15 is 0 Å². The lowest BCUT2D eigenvalue weighted by molar-refractivity contribution is 0.0691. The Hall–Kier alpha value is -1.11. The molecule has 0 atom stereocenters. The molecule has 0 radical (unpaired) electrons.